The summed E-state index contributed by atoms with van der Waals surface area (Å²) < 4.78 is 0. The molecule has 1 aromatic heterocycles. The number of fused-ring (bicyclic) bond motifs is 2. The number of H-pyrrole nitrogens is 1. The molecule has 1 aromatic carbocycles. The monoisotopic (exact) mass is 256 g/mol. The molecular weight excluding hydrogens is 236 g/mol. The van der Waals surface area contributed by atoms with Gasteiger partial charge < -0.3 is 15.0 Å². The number of rotatable bonds is 1. The van der Waals surface area contributed by atoms with Gasteiger partial charge in [0, 0.05) is 29.7 Å². The fourth-order valence-corrected chi connectivity index (χ4v) is 3.98. The third kappa shape index (κ3) is 1.72. The van der Waals surface area contributed by atoms with Crippen molar-refractivity contribution >= 4 is 10.9 Å². The van der Waals surface area contributed by atoms with E-state index in [1.54, 1.807) is 0 Å². The fourth-order valence-electron chi connectivity index (χ4n) is 3.98. The van der Waals surface area contributed by atoms with Crippen LogP contribution in [0.1, 0.15) is 31.2 Å². The van der Waals surface area contributed by atoms with E-state index in [1.165, 1.54) is 24.8 Å². The smallest absolute Gasteiger partial charge is 0.0930 e. The number of hydrogen-bond donors (Lipinski definition) is 2. The molecule has 0 spiro atoms. The molecule has 3 nitrogen and oxygen atoms in total. The van der Waals surface area contributed by atoms with Crippen LogP contribution in [-0.2, 0) is 5.60 Å². The second-order valence-electron chi connectivity index (χ2n) is 6.06. The van der Waals surface area contributed by atoms with Crippen molar-refractivity contribution < 1.29 is 5.11 Å². The second kappa shape index (κ2) is 4.09. The molecule has 3 heteroatoms. The highest BCUT2D eigenvalue weighted by atomic mass is 16.3. The van der Waals surface area contributed by atoms with Gasteiger partial charge in [0.05, 0.1) is 5.60 Å². The van der Waals surface area contributed by atoms with Crippen LogP contribution in [0, 0.1) is 0 Å². The molecule has 0 saturated carbocycles. The number of piperidine rings is 1. The van der Waals surface area contributed by atoms with Gasteiger partial charge in [-0.05, 0) is 49.9 Å². The van der Waals surface area contributed by atoms with E-state index in [1.807, 2.05) is 12.3 Å². The van der Waals surface area contributed by atoms with Gasteiger partial charge in [-0.1, -0.05) is 12.1 Å². The summed E-state index contributed by atoms with van der Waals surface area (Å²) in [5.41, 5.74) is 1.59. The Kier molecular flexibility index (Phi) is 2.47. The highest BCUT2D eigenvalue weighted by molar-refractivity contribution is 5.83. The van der Waals surface area contributed by atoms with Crippen molar-refractivity contribution in [2.24, 2.45) is 0 Å². The number of nitrogens with zero attached hydrogens (tertiary/aromatic N) is 1. The summed E-state index contributed by atoms with van der Waals surface area (Å²) in [4.78, 5) is 5.79. The van der Waals surface area contributed by atoms with E-state index < -0.39 is 5.60 Å². The Bertz CT molecular complexity index is 606. The fraction of sp³-hybridized carbons (Fsp3) is 0.500. The first-order valence-corrected chi connectivity index (χ1v) is 7.29. The quantitative estimate of drug-likeness (QED) is 0.823. The Hall–Kier alpha value is -1.32. The van der Waals surface area contributed by atoms with Gasteiger partial charge in [-0.2, -0.15) is 0 Å². The maximum atomic E-state index is 11.2. The zero-order valence-electron chi connectivity index (χ0n) is 11.1. The number of aliphatic hydroxyl groups is 1. The SMILES string of the molecule is OC1(c2cccc3[nH]ccc23)CCN2CCCC2C1. The molecule has 0 bridgehead atoms. The molecule has 0 amide bonds. The van der Waals surface area contributed by atoms with Crippen LogP contribution in [0.25, 0.3) is 10.9 Å². The van der Waals surface area contributed by atoms with Gasteiger partial charge in [-0.3, -0.25) is 0 Å². The summed E-state index contributed by atoms with van der Waals surface area (Å²) in [6.45, 7) is 2.25. The molecule has 2 saturated heterocycles. The molecule has 2 N–H and O–H groups in total. The second-order valence-corrected chi connectivity index (χ2v) is 6.06. The van der Waals surface area contributed by atoms with Crippen LogP contribution in [0.15, 0.2) is 30.5 Å². The van der Waals surface area contributed by atoms with Gasteiger partial charge in [-0.25, -0.2) is 0 Å². The van der Waals surface area contributed by atoms with Crippen molar-refractivity contribution in [3.05, 3.63) is 36.0 Å². The van der Waals surface area contributed by atoms with Crippen molar-refractivity contribution in [2.75, 3.05) is 13.1 Å². The number of benzene rings is 1. The molecule has 0 radical (unpaired) electrons. The highest BCUT2D eigenvalue weighted by Gasteiger charge is 2.41. The first-order chi connectivity index (χ1) is 9.26. The Morgan fingerprint density at radius 1 is 1.26 bits per heavy atom. The summed E-state index contributed by atoms with van der Waals surface area (Å²) in [6, 6.07) is 8.89. The Morgan fingerprint density at radius 3 is 3.16 bits per heavy atom. The van der Waals surface area contributed by atoms with E-state index in [2.05, 4.69) is 28.1 Å². The zero-order valence-corrected chi connectivity index (χ0v) is 11.1. The van der Waals surface area contributed by atoms with Crippen LogP contribution in [0.4, 0.5) is 0 Å². The first kappa shape index (κ1) is 11.5. The van der Waals surface area contributed by atoms with E-state index in [0.29, 0.717) is 6.04 Å². The first-order valence-electron chi connectivity index (χ1n) is 7.29. The van der Waals surface area contributed by atoms with Crippen LogP contribution in [0.3, 0.4) is 0 Å². The van der Waals surface area contributed by atoms with E-state index in [4.69, 9.17) is 0 Å². The normalized spacial score (nSPS) is 31.7. The third-order valence-electron chi connectivity index (χ3n) is 4.98. The van der Waals surface area contributed by atoms with Gasteiger partial charge in [0.15, 0.2) is 0 Å². The molecule has 3 heterocycles. The van der Waals surface area contributed by atoms with E-state index in [9.17, 15) is 5.11 Å². The topological polar surface area (TPSA) is 39.3 Å². The molecule has 0 aliphatic carbocycles. The van der Waals surface area contributed by atoms with Crippen molar-refractivity contribution in [3.63, 3.8) is 0 Å². The van der Waals surface area contributed by atoms with Gasteiger partial charge in [-0.15, -0.1) is 0 Å². The average molecular weight is 256 g/mol. The molecule has 19 heavy (non-hydrogen) atoms. The van der Waals surface area contributed by atoms with Crippen LogP contribution in [-0.4, -0.2) is 34.1 Å². The van der Waals surface area contributed by atoms with Gasteiger partial charge in [0.25, 0.3) is 0 Å². The van der Waals surface area contributed by atoms with Crippen LogP contribution < -0.4 is 0 Å². The molecular formula is C16H20N2O. The lowest BCUT2D eigenvalue weighted by Gasteiger charge is -2.41. The largest absolute Gasteiger partial charge is 0.385 e. The van der Waals surface area contributed by atoms with Gasteiger partial charge in [0.2, 0.25) is 0 Å². The zero-order chi connectivity index (χ0) is 12.9. The van der Waals surface area contributed by atoms with E-state index >= 15 is 0 Å². The van der Waals surface area contributed by atoms with Crippen LogP contribution in [0.5, 0.6) is 0 Å². The minimum Gasteiger partial charge on any atom is -0.385 e. The predicted molar refractivity (Wildman–Crippen MR) is 76.0 cm³/mol. The Labute approximate surface area is 113 Å². The summed E-state index contributed by atoms with van der Waals surface area (Å²) in [7, 11) is 0. The molecule has 2 aliphatic rings. The van der Waals surface area contributed by atoms with Crippen molar-refractivity contribution in [1.82, 2.24) is 9.88 Å². The summed E-state index contributed by atoms with van der Waals surface area (Å²) in [5.74, 6) is 0. The number of aromatic nitrogens is 1. The molecule has 2 unspecified atom stereocenters. The molecule has 100 valence electrons. The molecule has 2 fully saturated rings. The third-order valence-corrected chi connectivity index (χ3v) is 4.98. The molecule has 2 atom stereocenters. The maximum Gasteiger partial charge on any atom is 0.0930 e. The number of nitrogens with one attached hydrogen (secondary N) is 1. The lowest BCUT2D eigenvalue weighted by molar-refractivity contribution is -0.0397. The lowest BCUT2D eigenvalue weighted by atomic mass is 9.80. The van der Waals surface area contributed by atoms with Crippen LogP contribution in [0.2, 0.25) is 0 Å². The Balaban J connectivity index is 1.76. The Morgan fingerprint density at radius 2 is 2.21 bits per heavy atom. The predicted octanol–water partition coefficient (Wildman–Crippen LogP) is 2.61. The minimum atomic E-state index is -0.646. The average Bonchev–Trinajstić information content (AvgIpc) is 3.05. The summed E-state index contributed by atoms with van der Waals surface area (Å²) in [6.07, 6.45) is 6.23. The standard InChI is InChI=1S/C16H20N2O/c19-16(7-10-18-9-2-3-12(18)11-16)14-4-1-5-15-13(14)6-8-17-15/h1,4-6,8,12,17,19H,2-3,7,9-11H2. The van der Waals surface area contributed by atoms with Crippen molar-refractivity contribution in [3.8, 4) is 0 Å². The lowest BCUT2D eigenvalue weighted by Crippen LogP contribution is -2.46. The van der Waals surface area contributed by atoms with E-state index in [0.717, 1.165) is 30.5 Å². The number of aromatic amines is 1. The molecule has 4 rings (SSSR count). The summed E-state index contributed by atoms with van der Waals surface area (Å²) >= 11 is 0. The number of hydrogen-bond acceptors (Lipinski definition) is 2. The molecule has 2 aromatic rings. The van der Waals surface area contributed by atoms with Crippen molar-refractivity contribution in [1.29, 1.82) is 0 Å². The minimum absolute atomic E-state index is 0.577. The van der Waals surface area contributed by atoms with Crippen LogP contribution >= 0.6 is 0 Å². The van der Waals surface area contributed by atoms with Gasteiger partial charge >= 0.3 is 0 Å². The molecule has 2 aliphatic heterocycles. The highest BCUT2D eigenvalue weighted by Crippen LogP contribution is 2.41. The van der Waals surface area contributed by atoms with E-state index in [-0.39, 0.29) is 0 Å². The van der Waals surface area contributed by atoms with Gasteiger partial charge in [0.1, 0.15) is 0 Å². The van der Waals surface area contributed by atoms with Crippen molar-refractivity contribution in [2.45, 2.75) is 37.3 Å². The summed E-state index contributed by atoms with van der Waals surface area (Å²) in [5, 5.41) is 12.3. The maximum absolute atomic E-state index is 11.2.